The number of nitrogens with zero attached hydrogens (tertiary/aromatic N) is 1. The molecule has 2 aromatic carbocycles. The number of unbranched alkanes of at least 4 members (excludes halogenated alkanes) is 2. The Morgan fingerprint density at radius 1 is 1.00 bits per heavy atom. The van der Waals surface area contributed by atoms with Crippen LogP contribution in [0, 0.1) is 5.82 Å². The van der Waals surface area contributed by atoms with Gasteiger partial charge in [0.15, 0.2) is 0 Å². The van der Waals surface area contributed by atoms with E-state index in [1.165, 1.54) is 66.6 Å². The first kappa shape index (κ1) is 25.0. The van der Waals surface area contributed by atoms with E-state index < -0.39 is 0 Å². The molecule has 4 nitrogen and oxygen atoms in total. The molecule has 0 saturated carbocycles. The fraction of sp³-hybridized carbons (Fsp3) is 0.464. The number of carbonyl (C=O) groups is 1. The van der Waals surface area contributed by atoms with Crippen LogP contribution in [-0.2, 0) is 6.42 Å². The zero-order valence-electron chi connectivity index (χ0n) is 20.5. The number of H-pyrrole nitrogens is 1. The van der Waals surface area contributed by atoms with E-state index in [0.717, 1.165) is 37.3 Å². The topological polar surface area (TPSA) is 48.1 Å². The highest BCUT2D eigenvalue weighted by atomic mass is 19.1. The van der Waals surface area contributed by atoms with Crippen LogP contribution in [0.4, 0.5) is 10.1 Å². The summed E-state index contributed by atoms with van der Waals surface area (Å²) in [4.78, 5) is 18.8. The molecule has 2 N–H and O–H groups in total. The van der Waals surface area contributed by atoms with Crippen LogP contribution in [0.1, 0.15) is 80.9 Å². The van der Waals surface area contributed by atoms with Gasteiger partial charge >= 0.3 is 0 Å². The summed E-state index contributed by atoms with van der Waals surface area (Å²) >= 11 is 0. The van der Waals surface area contributed by atoms with Gasteiger partial charge in [-0.15, -0.1) is 0 Å². The van der Waals surface area contributed by atoms with E-state index in [1.807, 2.05) is 12.1 Å². The molecule has 5 heteroatoms. The largest absolute Gasteiger partial charge is 0.358 e. The first-order valence-electron chi connectivity index (χ1n) is 12.4. The average Bonchev–Trinajstić information content (AvgIpc) is 3.17. The van der Waals surface area contributed by atoms with Crippen molar-refractivity contribution in [3.8, 4) is 0 Å². The molecule has 1 amide bonds. The third kappa shape index (κ3) is 6.67. The van der Waals surface area contributed by atoms with E-state index in [9.17, 15) is 9.18 Å². The van der Waals surface area contributed by atoms with Gasteiger partial charge in [0.25, 0.3) is 5.91 Å². The Kier molecular flexibility index (Phi) is 9.07. The van der Waals surface area contributed by atoms with E-state index in [4.69, 9.17) is 0 Å². The Morgan fingerprint density at radius 3 is 2.27 bits per heavy atom. The van der Waals surface area contributed by atoms with Crippen molar-refractivity contribution in [1.29, 1.82) is 0 Å². The zero-order chi connectivity index (χ0) is 23.8. The molecule has 0 aliphatic rings. The number of rotatable bonds is 12. The van der Waals surface area contributed by atoms with Gasteiger partial charge in [-0.2, -0.15) is 0 Å². The molecule has 3 aromatic rings. The zero-order valence-corrected chi connectivity index (χ0v) is 20.5. The minimum absolute atomic E-state index is 0.235. The third-order valence-corrected chi connectivity index (χ3v) is 6.21. The Balaban J connectivity index is 1.83. The van der Waals surface area contributed by atoms with E-state index in [1.54, 1.807) is 0 Å². The molecule has 0 aliphatic heterocycles. The third-order valence-electron chi connectivity index (χ3n) is 6.21. The second-order valence-corrected chi connectivity index (χ2v) is 9.19. The summed E-state index contributed by atoms with van der Waals surface area (Å²) in [7, 11) is 0. The number of carbonyl (C=O) groups excluding carboxylic acids is 1. The second-order valence-electron chi connectivity index (χ2n) is 9.19. The molecule has 0 bridgehead atoms. The summed E-state index contributed by atoms with van der Waals surface area (Å²) in [6, 6.07) is 11.6. The van der Waals surface area contributed by atoms with Crippen LogP contribution in [0.5, 0.6) is 0 Å². The lowest BCUT2D eigenvalue weighted by Crippen LogP contribution is -2.28. The number of aromatic amines is 1. The summed E-state index contributed by atoms with van der Waals surface area (Å²) in [6.45, 7) is 12.3. The molecule has 0 atom stereocenters. The van der Waals surface area contributed by atoms with Gasteiger partial charge in [-0.25, -0.2) is 4.39 Å². The highest BCUT2D eigenvalue weighted by molar-refractivity contribution is 6.05. The summed E-state index contributed by atoms with van der Waals surface area (Å²) in [5, 5.41) is 4.14. The van der Waals surface area contributed by atoms with Crippen molar-refractivity contribution < 1.29 is 9.18 Å². The van der Waals surface area contributed by atoms with Crippen LogP contribution >= 0.6 is 0 Å². The smallest absolute Gasteiger partial charge is 0.255 e. The number of aromatic nitrogens is 1. The Morgan fingerprint density at radius 2 is 1.67 bits per heavy atom. The molecule has 0 spiro atoms. The predicted molar refractivity (Wildman–Crippen MR) is 137 cm³/mol. The molecule has 1 heterocycles. The number of fused-ring (bicyclic) bond motifs is 1. The van der Waals surface area contributed by atoms with Gasteiger partial charge in [0.05, 0.1) is 0 Å². The fourth-order valence-electron chi connectivity index (χ4n) is 4.28. The summed E-state index contributed by atoms with van der Waals surface area (Å²) < 4.78 is 13.2. The van der Waals surface area contributed by atoms with Gasteiger partial charge in [0.1, 0.15) is 5.82 Å². The quantitative estimate of drug-likeness (QED) is 0.308. The van der Waals surface area contributed by atoms with Crippen LogP contribution in [0.15, 0.2) is 42.5 Å². The normalized spacial score (nSPS) is 11.6. The standard InChI is InChI=1S/C28H38FN3O/c1-5-7-16-32(17-8-6-2)18-15-24-25-19-23(13-14-26(25)31-27(24)20(3)4)30-28(33)21-9-11-22(29)12-10-21/h9-14,19-20,31H,5-8,15-18H2,1-4H3,(H,30,33). The molecule has 1 aromatic heterocycles. The lowest BCUT2D eigenvalue weighted by Gasteiger charge is -2.22. The second kappa shape index (κ2) is 12.0. The minimum atomic E-state index is -0.349. The van der Waals surface area contributed by atoms with Gasteiger partial charge < -0.3 is 15.2 Å². The highest BCUT2D eigenvalue weighted by Crippen LogP contribution is 2.30. The number of halogens is 1. The fourth-order valence-corrected chi connectivity index (χ4v) is 4.28. The SMILES string of the molecule is CCCCN(CCCC)CCc1c(C(C)C)[nH]c2ccc(NC(=O)c3ccc(F)cc3)cc12. The van der Waals surface area contributed by atoms with Crippen molar-refractivity contribution in [2.24, 2.45) is 0 Å². The number of nitrogens with one attached hydrogen (secondary N) is 2. The minimum Gasteiger partial charge on any atom is -0.358 e. The highest BCUT2D eigenvalue weighted by Gasteiger charge is 2.17. The monoisotopic (exact) mass is 451 g/mol. The Bertz CT molecular complexity index is 1030. The molecule has 0 radical (unpaired) electrons. The molecule has 0 saturated heterocycles. The molecule has 178 valence electrons. The number of benzene rings is 2. The molecule has 0 aliphatic carbocycles. The van der Waals surface area contributed by atoms with E-state index in [2.05, 4.69) is 49.0 Å². The van der Waals surface area contributed by atoms with Crippen molar-refractivity contribution in [3.05, 3.63) is 65.1 Å². The number of amides is 1. The van der Waals surface area contributed by atoms with Crippen molar-refractivity contribution in [3.63, 3.8) is 0 Å². The van der Waals surface area contributed by atoms with Gasteiger partial charge in [-0.1, -0.05) is 40.5 Å². The van der Waals surface area contributed by atoms with Crippen LogP contribution < -0.4 is 5.32 Å². The van der Waals surface area contributed by atoms with Gasteiger partial charge in [0.2, 0.25) is 0 Å². The molecular formula is C28H38FN3O. The lowest BCUT2D eigenvalue weighted by atomic mass is 10.00. The molecular weight excluding hydrogens is 413 g/mol. The first-order valence-corrected chi connectivity index (χ1v) is 12.4. The van der Waals surface area contributed by atoms with Gasteiger partial charge in [-0.3, -0.25) is 4.79 Å². The average molecular weight is 452 g/mol. The van der Waals surface area contributed by atoms with E-state index in [0.29, 0.717) is 11.5 Å². The molecule has 33 heavy (non-hydrogen) atoms. The summed E-state index contributed by atoms with van der Waals surface area (Å²) in [5.74, 6) is -0.191. The number of hydrogen-bond acceptors (Lipinski definition) is 2. The van der Waals surface area contributed by atoms with Crippen LogP contribution in [0.25, 0.3) is 10.9 Å². The summed E-state index contributed by atoms with van der Waals surface area (Å²) in [6.07, 6.45) is 5.87. The summed E-state index contributed by atoms with van der Waals surface area (Å²) in [5.41, 5.74) is 4.91. The first-order chi connectivity index (χ1) is 15.9. The maximum Gasteiger partial charge on any atom is 0.255 e. The van der Waals surface area contributed by atoms with Crippen molar-refractivity contribution in [1.82, 2.24) is 9.88 Å². The Hall–Kier alpha value is -2.66. The molecule has 0 unspecified atom stereocenters. The van der Waals surface area contributed by atoms with Crippen molar-refractivity contribution in [2.75, 3.05) is 25.0 Å². The van der Waals surface area contributed by atoms with Crippen LogP contribution in [0.3, 0.4) is 0 Å². The van der Waals surface area contributed by atoms with Crippen molar-refractivity contribution >= 4 is 22.5 Å². The number of hydrogen-bond donors (Lipinski definition) is 2. The van der Waals surface area contributed by atoms with Crippen molar-refractivity contribution in [2.45, 2.75) is 65.7 Å². The van der Waals surface area contributed by atoms with Gasteiger partial charge in [-0.05, 0) is 86.3 Å². The maximum absolute atomic E-state index is 13.2. The predicted octanol–water partition coefficient (Wildman–Crippen LogP) is 7.13. The van der Waals surface area contributed by atoms with Crippen LogP contribution in [-0.4, -0.2) is 35.4 Å². The lowest BCUT2D eigenvalue weighted by molar-refractivity contribution is 0.102. The molecule has 3 rings (SSSR count). The van der Waals surface area contributed by atoms with E-state index >= 15 is 0 Å². The van der Waals surface area contributed by atoms with Crippen LogP contribution in [0.2, 0.25) is 0 Å². The molecule has 0 fully saturated rings. The van der Waals surface area contributed by atoms with Gasteiger partial charge in [0, 0.05) is 34.4 Å². The Labute approximate surface area is 197 Å². The number of anilines is 1. The maximum atomic E-state index is 13.2. The van der Waals surface area contributed by atoms with E-state index in [-0.39, 0.29) is 11.7 Å².